The number of carbonyl (C=O) groups excluding carboxylic acids is 2. The van der Waals surface area contributed by atoms with Gasteiger partial charge < -0.3 is 10.0 Å². The molecule has 0 aromatic heterocycles. The molecule has 6 heteroatoms. The first-order valence-electron chi connectivity index (χ1n) is 28.0. The molecule has 2 aliphatic carbocycles. The summed E-state index contributed by atoms with van der Waals surface area (Å²) in [6.07, 6.45) is 1.58. The molecule has 14 aromatic rings. The minimum atomic E-state index is -1.50. The first kappa shape index (κ1) is 52.0. The monoisotopic (exact) mass is 1140 g/mol. The highest BCUT2D eigenvalue weighted by atomic mass is 79.9. The average Bonchev–Trinajstić information content (AvgIpc) is 1.72. The molecule has 0 spiro atoms. The largest absolute Gasteiger partial charge is 0.488 e. The number of carbonyl (C=O) groups is 2. The molecular formula is C78H50BBrO4. The summed E-state index contributed by atoms with van der Waals surface area (Å²) in [5, 5.41) is 27.6. The molecule has 16 rings (SSSR count). The molecule has 0 fully saturated rings. The Morgan fingerprint density at radius 3 is 1.02 bits per heavy atom. The van der Waals surface area contributed by atoms with E-state index in [0.29, 0.717) is 22.9 Å². The van der Waals surface area contributed by atoms with Gasteiger partial charge in [-0.05, 0) is 161 Å². The molecule has 0 heterocycles. The molecule has 2 N–H and O–H groups in total. The third-order valence-corrected chi connectivity index (χ3v) is 17.2. The zero-order valence-electron chi connectivity index (χ0n) is 45.4. The second kappa shape index (κ2) is 22.0. The van der Waals surface area contributed by atoms with E-state index in [-0.39, 0.29) is 0 Å². The predicted octanol–water partition coefficient (Wildman–Crippen LogP) is 19.4. The van der Waals surface area contributed by atoms with Crippen LogP contribution in [0.25, 0.3) is 143 Å². The van der Waals surface area contributed by atoms with Gasteiger partial charge in [0, 0.05) is 15.6 Å². The minimum Gasteiger partial charge on any atom is -0.423 e. The van der Waals surface area contributed by atoms with Gasteiger partial charge >= 0.3 is 7.12 Å². The third kappa shape index (κ3) is 8.87. The van der Waals surface area contributed by atoms with Crippen molar-refractivity contribution in [2.75, 3.05) is 0 Å². The van der Waals surface area contributed by atoms with Crippen molar-refractivity contribution >= 4 is 84.2 Å². The van der Waals surface area contributed by atoms with Crippen molar-refractivity contribution in [3.05, 3.63) is 295 Å². The Balaban J connectivity index is 0.000000128. The van der Waals surface area contributed by atoms with Crippen LogP contribution in [0.2, 0.25) is 0 Å². The van der Waals surface area contributed by atoms with Gasteiger partial charge in [-0.1, -0.05) is 283 Å². The van der Waals surface area contributed by atoms with E-state index in [0.717, 1.165) is 21.9 Å². The standard InChI is InChI=1S/C39H24O.C32H19Br.C7H7BO3/c40-24-25-11-9-16-28(23-25)29-21-22-34-37-30(29)19-10-20-33(37)38-35(26-12-3-1-4-13-26)31-17-7-8-18-32(31)36(39(34)38)27-14-5-2-6-15-27;33-27-19-18-26-30-24(27)16-9-17-25(30)31-28(20-10-3-1-4-11-20)22-14-7-8-15-23(22)29(32(26)31)21-12-5-2-6-13-21;9-5-6-2-1-3-7(4-6)8(10)11/h1-24H;1-19H;1-5,10-11H. The zero-order chi connectivity index (χ0) is 56.8. The highest BCUT2D eigenvalue weighted by molar-refractivity contribution is 9.10. The van der Waals surface area contributed by atoms with Gasteiger partial charge in [-0.2, -0.15) is 0 Å². The Bertz CT molecular complexity index is 4720. The number of hydrogen-bond donors (Lipinski definition) is 2. The smallest absolute Gasteiger partial charge is 0.423 e. The molecule has 0 saturated heterocycles. The van der Waals surface area contributed by atoms with Gasteiger partial charge in [0.1, 0.15) is 12.6 Å². The zero-order valence-corrected chi connectivity index (χ0v) is 47.0. The second-order valence-corrected chi connectivity index (χ2v) is 22.0. The third-order valence-electron chi connectivity index (χ3n) is 16.5. The summed E-state index contributed by atoms with van der Waals surface area (Å²) in [5.41, 5.74) is 24.2. The molecule has 0 amide bonds. The van der Waals surface area contributed by atoms with E-state index in [1.54, 1.807) is 12.1 Å². The number of rotatable bonds is 8. The lowest BCUT2D eigenvalue weighted by Crippen LogP contribution is -2.29. The van der Waals surface area contributed by atoms with Crippen LogP contribution in [-0.4, -0.2) is 29.7 Å². The van der Waals surface area contributed by atoms with Crippen molar-refractivity contribution in [2.45, 2.75) is 0 Å². The van der Waals surface area contributed by atoms with Crippen LogP contribution in [0.1, 0.15) is 20.7 Å². The summed E-state index contributed by atoms with van der Waals surface area (Å²) < 4.78 is 1.14. The van der Waals surface area contributed by atoms with Crippen molar-refractivity contribution in [2.24, 2.45) is 0 Å². The van der Waals surface area contributed by atoms with Gasteiger partial charge in [0.15, 0.2) is 0 Å². The SMILES string of the molecule is Brc1ccc2c3c(cccc13)-c1c-2c(-c2ccccc2)c2ccccc2c1-c1ccccc1.O=Cc1cccc(-c2ccc3c4c(cccc24)-c2c-3c(-c3ccccc3)c3ccccc3c2-c2ccccc2)c1.O=Cc1cccc(B(O)O)c1. The maximum absolute atomic E-state index is 11.6. The fourth-order valence-electron chi connectivity index (χ4n) is 13.0. The lowest BCUT2D eigenvalue weighted by molar-refractivity contribution is 0.111. The summed E-state index contributed by atoms with van der Waals surface area (Å²) in [6.45, 7) is 0. The van der Waals surface area contributed by atoms with Crippen molar-refractivity contribution in [1.29, 1.82) is 0 Å². The van der Waals surface area contributed by atoms with Crippen LogP contribution in [0.5, 0.6) is 0 Å². The molecule has 0 radical (unpaired) electrons. The molecule has 396 valence electrons. The molecule has 84 heavy (non-hydrogen) atoms. The molecule has 0 aliphatic heterocycles. The first-order valence-corrected chi connectivity index (χ1v) is 28.8. The van der Waals surface area contributed by atoms with Crippen LogP contribution in [0, 0.1) is 0 Å². The van der Waals surface area contributed by atoms with Crippen molar-refractivity contribution in [3.63, 3.8) is 0 Å². The van der Waals surface area contributed by atoms with Crippen molar-refractivity contribution in [1.82, 2.24) is 0 Å². The average molecular weight is 1140 g/mol. The minimum absolute atomic E-state index is 0.328. The summed E-state index contributed by atoms with van der Waals surface area (Å²) in [6, 6.07) is 97.4. The molecular weight excluding hydrogens is 1090 g/mol. The lowest BCUT2D eigenvalue weighted by Gasteiger charge is -2.20. The fraction of sp³-hybridized carbons (Fsp3) is 0. The molecule has 0 unspecified atom stereocenters. The van der Waals surface area contributed by atoms with Crippen LogP contribution in [0.15, 0.2) is 284 Å². The summed E-state index contributed by atoms with van der Waals surface area (Å²) >= 11 is 3.81. The number of aldehydes is 2. The van der Waals surface area contributed by atoms with Gasteiger partial charge in [0.05, 0.1) is 0 Å². The topological polar surface area (TPSA) is 74.6 Å². The molecule has 0 atom stereocenters. The van der Waals surface area contributed by atoms with E-state index in [1.807, 2.05) is 18.2 Å². The predicted molar refractivity (Wildman–Crippen MR) is 354 cm³/mol. The Kier molecular flexibility index (Phi) is 13.6. The van der Waals surface area contributed by atoms with Crippen molar-refractivity contribution in [3.8, 4) is 100 Å². The van der Waals surface area contributed by atoms with Crippen LogP contribution in [0.4, 0.5) is 0 Å². The number of hydrogen-bond acceptors (Lipinski definition) is 4. The van der Waals surface area contributed by atoms with E-state index in [1.165, 1.54) is 144 Å². The summed E-state index contributed by atoms with van der Waals surface area (Å²) in [5.74, 6) is 0. The van der Waals surface area contributed by atoms with E-state index < -0.39 is 7.12 Å². The van der Waals surface area contributed by atoms with E-state index >= 15 is 0 Å². The van der Waals surface area contributed by atoms with Crippen LogP contribution >= 0.6 is 15.9 Å². The van der Waals surface area contributed by atoms with Gasteiger partial charge in [-0.3, -0.25) is 9.59 Å². The van der Waals surface area contributed by atoms with Gasteiger partial charge in [0.25, 0.3) is 0 Å². The van der Waals surface area contributed by atoms with E-state index in [9.17, 15) is 9.59 Å². The van der Waals surface area contributed by atoms with Crippen LogP contribution in [-0.2, 0) is 0 Å². The lowest BCUT2D eigenvalue weighted by atomic mass is 9.80. The van der Waals surface area contributed by atoms with Gasteiger partial charge in [0.2, 0.25) is 0 Å². The maximum atomic E-state index is 11.6. The number of benzene rings is 14. The molecule has 0 bridgehead atoms. The summed E-state index contributed by atoms with van der Waals surface area (Å²) in [7, 11) is -1.50. The Morgan fingerprint density at radius 2 is 0.595 bits per heavy atom. The summed E-state index contributed by atoms with van der Waals surface area (Å²) in [4.78, 5) is 21.8. The molecule has 14 aromatic carbocycles. The van der Waals surface area contributed by atoms with Gasteiger partial charge in [-0.15, -0.1) is 0 Å². The van der Waals surface area contributed by atoms with E-state index in [2.05, 4.69) is 253 Å². The second-order valence-electron chi connectivity index (χ2n) is 21.2. The number of fused-ring (bicyclic) bond motifs is 8. The normalized spacial score (nSPS) is 11.4. The Hall–Kier alpha value is -10.1. The van der Waals surface area contributed by atoms with E-state index in [4.69, 9.17) is 10.0 Å². The van der Waals surface area contributed by atoms with Crippen LogP contribution in [0.3, 0.4) is 0 Å². The Morgan fingerprint density at radius 1 is 0.274 bits per heavy atom. The quantitative estimate of drug-likeness (QED) is 0.117. The maximum Gasteiger partial charge on any atom is 0.488 e. The van der Waals surface area contributed by atoms with Crippen LogP contribution < -0.4 is 5.46 Å². The molecule has 2 aliphatic rings. The first-order chi connectivity index (χ1) is 41.4. The highest BCUT2D eigenvalue weighted by Gasteiger charge is 2.33. The fourth-order valence-corrected chi connectivity index (χ4v) is 13.5. The molecule has 4 nitrogen and oxygen atoms in total. The van der Waals surface area contributed by atoms with Crippen molar-refractivity contribution < 1.29 is 19.6 Å². The Labute approximate surface area is 495 Å². The number of halogens is 1. The molecule has 0 saturated carbocycles. The highest BCUT2D eigenvalue weighted by Crippen LogP contribution is 2.60. The van der Waals surface area contributed by atoms with Gasteiger partial charge in [-0.25, -0.2) is 0 Å².